The van der Waals surface area contributed by atoms with E-state index in [4.69, 9.17) is 24.0 Å². The largest absolute Gasteiger partial charge is 0.480 e. The van der Waals surface area contributed by atoms with Gasteiger partial charge in [-0.3, -0.25) is 4.79 Å². The van der Waals surface area contributed by atoms with Crippen LogP contribution < -0.4 is 5.32 Å². The van der Waals surface area contributed by atoms with Gasteiger partial charge in [-0.05, 0) is 55.1 Å². The molecule has 1 saturated carbocycles. The summed E-state index contributed by atoms with van der Waals surface area (Å²) in [6.45, 7) is 10.3. The fourth-order valence-electron chi connectivity index (χ4n) is 6.92. The molecule has 1 spiro atoms. The Labute approximate surface area is 224 Å². The molecule has 9 heteroatoms. The van der Waals surface area contributed by atoms with Crippen molar-refractivity contribution in [3.8, 4) is 0 Å². The summed E-state index contributed by atoms with van der Waals surface area (Å²) in [6, 6.07) is 6.69. The number of carboxylic acid groups (broad SMARTS) is 1. The maximum absolute atomic E-state index is 12.4. The molecule has 2 bridgehead atoms. The third kappa shape index (κ3) is 4.99. The van der Waals surface area contributed by atoms with E-state index in [2.05, 4.69) is 19.2 Å². The Morgan fingerprint density at radius 3 is 2.47 bits per heavy atom. The zero-order valence-electron chi connectivity index (χ0n) is 23.0. The third-order valence-corrected chi connectivity index (χ3v) is 9.15. The predicted octanol–water partition coefficient (Wildman–Crippen LogP) is 4.18. The normalized spacial score (nSPS) is 38.8. The minimum Gasteiger partial charge on any atom is -0.480 e. The lowest BCUT2D eigenvalue weighted by atomic mass is 9.58. The Kier molecular flexibility index (Phi) is 7.61. The highest BCUT2D eigenvalue weighted by Gasteiger charge is 2.69. The second-order valence-electron chi connectivity index (χ2n) is 12.2. The third-order valence-electron chi connectivity index (χ3n) is 9.15. The average molecular weight is 532 g/mol. The van der Waals surface area contributed by atoms with Gasteiger partial charge in [0.2, 0.25) is 11.7 Å². The molecule has 5 fully saturated rings. The number of rotatable bonds is 8. The number of carboxylic acids is 1. The number of carbonyl (C=O) groups excluding carboxylic acids is 1. The molecule has 1 aliphatic carbocycles. The first-order valence-electron chi connectivity index (χ1n) is 13.9. The van der Waals surface area contributed by atoms with Crippen LogP contribution in [0.5, 0.6) is 0 Å². The summed E-state index contributed by atoms with van der Waals surface area (Å²) in [4.78, 5) is 35.8. The van der Waals surface area contributed by atoms with Gasteiger partial charge in [0.15, 0.2) is 18.2 Å². The van der Waals surface area contributed by atoms with Crippen LogP contribution in [0.25, 0.3) is 0 Å². The molecule has 9 atom stereocenters. The van der Waals surface area contributed by atoms with Crippen LogP contribution in [0.15, 0.2) is 24.3 Å². The van der Waals surface area contributed by atoms with Crippen molar-refractivity contribution in [3.63, 3.8) is 0 Å². The first kappa shape index (κ1) is 27.5. The van der Waals surface area contributed by atoms with E-state index in [0.717, 1.165) is 36.8 Å². The summed E-state index contributed by atoms with van der Waals surface area (Å²) in [5.41, 5.74) is 1.16. The Balaban J connectivity index is 1.21. The maximum atomic E-state index is 12.4. The van der Waals surface area contributed by atoms with Crippen LogP contribution in [-0.4, -0.2) is 47.0 Å². The van der Waals surface area contributed by atoms with E-state index in [1.165, 1.54) is 0 Å². The highest BCUT2D eigenvalue weighted by atomic mass is 17.3. The summed E-state index contributed by atoms with van der Waals surface area (Å²) in [5, 5.41) is 11.9. The van der Waals surface area contributed by atoms with Crippen molar-refractivity contribution in [2.24, 2.45) is 29.6 Å². The molecule has 1 aromatic rings. The van der Waals surface area contributed by atoms with Gasteiger partial charge in [-0.2, -0.15) is 0 Å². The molecule has 4 aliphatic heterocycles. The standard InChI is InChI=1S/C29H41NO8/c1-16(2)24(25(32)33)30-23(31)14-19-7-9-20(10-8-19)15-34-26-18(4)22-11-6-17(3)21-12-13-28(5)36-27(35-26)29(21,22)38-37-28/h7-10,16-18,21-22,24,26-27H,6,11-15H2,1-5H3,(H,30,31)(H,32,33)/t17-,18-,21+,22+,24+,26+,27-,28-,29-/m1/s1. The summed E-state index contributed by atoms with van der Waals surface area (Å²) >= 11 is 0. The molecule has 5 aliphatic rings. The summed E-state index contributed by atoms with van der Waals surface area (Å²) in [6.07, 6.45) is 3.05. The zero-order valence-corrected chi connectivity index (χ0v) is 23.0. The molecule has 210 valence electrons. The molecule has 1 amide bonds. The van der Waals surface area contributed by atoms with Crippen molar-refractivity contribution < 1.29 is 38.7 Å². The number of nitrogens with one attached hydrogen (secondary N) is 1. The van der Waals surface area contributed by atoms with Gasteiger partial charge in [-0.25, -0.2) is 14.6 Å². The van der Waals surface area contributed by atoms with Gasteiger partial charge in [-0.15, -0.1) is 0 Å². The Bertz CT molecular complexity index is 1030. The molecule has 1 aromatic carbocycles. The number of amides is 1. The number of hydrogen-bond acceptors (Lipinski definition) is 7. The first-order chi connectivity index (χ1) is 18.0. The summed E-state index contributed by atoms with van der Waals surface area (Å²) in [7, 11) is 0. The van der Waals surface area contributed by atoms with Crippen molar-refractivity contribution in [2.45, 2.75) is 103 Å². The van der Waals surface area contributed by atoms with E-state index in [9.17, 15) is 14.7 Å². The molecule has 2 N–H and O–H groups in total. The van der Waals surface area contributed by atoms with E-state index >= 15 is 0 Å². The molecular weight excluding hydrogens is 490 g/mol. The van der Waals surface area contributed by atoms with Crippen molar-refractivity contribution in [2.75, 3.05) is 0 Å². The molecule has 4 heterocycles. The number of fused-ring (bicyclic) bond motifs is 2. The van der Waals surface area contributed by atoms with Gasteiger partial charge in [0.25, 0.3) is 0 Å². The number of ether oxygens (including phenoxy) is 3. The lowest BCUT2D eigenvalue weighted by Crippen LogP contribution is -2.70. The van der Waals surface area contributed by atoms with Crippen molar-refractivity contribution in [1.29, 1.82) is 0 Å². The summed E-state index contributed by atoms with van der Waals surface area (Å²) in [5.74, 6) is -1.22. The van der Waals surface area contributed by atoms with E-state index < -0.39 is 36.0 Å². The SMILES string of the molecule is CC(C)[C@H](NC(=O)Cc1ccc(CO[C@H]2O[C@@H]3O[C@@]4(C)CC[C@H]5[C@H](C)CC[C@@H]([C@H]2C)[C@@]35OO4)cc1)C(=O)O. The second kappa shape index (κ2) is 10.5. The minimum absolute atomic E-state index is 0.0991. The predicted molar refractivity (Wildman–Crippen MR) is 136 cm³/mol. The highest BCUT2D eigenvalue weighted by molar-refractivity contribution is 5.85. The van der Waals surface area contributed by atoms with Crippen molar-refractivity contribution in [3.05, 3.63) is 35.4 Å². The van der Waals surface area contributed by atoms with E-state index in [1.54, 1.807) is 13.8 Å². The lowest BCUT2D eigenvalue weighted by molar-refractivity contribution is -0.577. The van der Waals surface area contributed by atoms with Crippen LogP contribution in [0, 0.1) is 29.6 Å². The Morgan fingerprint density at radius 2 is 1.79 bits per heavy atom. The van der Waals surface area contributed by atoms with Crippen LogP contribution >= 0.6 is 0 Å². The fourth-order valence-corrected chi connectivity index (χ4v) is 6.92. The van der Waals surface area contributed by atoms with Crippen LogP contribution in [0.1, 0.15) is 71.4 Å². The van der Waals surface area contributed by atoms with Gasteiger partial charge >= 0.3 is 5.97 Å². The number of aliphatic carboxylic acids is 1. The molecule has 0 radical (unpaired) electrons. The lowest BCUT2D eigenvalue weighted by Gasteiger charge is -2.60. The van der Waals surface area contributed by atoms with Crippen molar-refractivity contribution in [1.82, 2.24) is 5.32 Å². The smallest absolute Gasteiger partial charge is 0.326 e. The number of carbonyl (C=O) groups is 2. The zero-order chi connectivity index (χ0) is 27.2. The van der Waals surface area contributed by atoms with Gasteiger partial charge in [0.05, 0.1) is 13.0 Å². The Hall–Kier alpha value is -2.04. The molecular formula is C29H41NO8. The van der Waals surface area contributed by atoms with Gasteiger partial charge in [0, 0.05) is 18.3 Å². The van der Waals surface area contributed by atoms with Crippen LogP contribution in [-0.2, 0) is 46.6 Å². The molecule has 0 unspecified atom stereocenters. The molecule has 4 saturated heterocycles. The van der Waals surface area contributed by atoms with E-state index in [-0.39, 0.29) is 30.1 Å². The van der Waals surface area contributed by atoms with Crippen molar-refractivity contribution >= 4 is 11.9 Å². The highest BCUT2D eigenvalue weighted by Crippen LogP contribution is 2.60. The molecule has 9 nitrogen and oxygen atoms in total. The molecule has 6 rings (SSSR count). The second-order valence-corrected chi connectivity index (χ2v) is 12.2. The van der Waals surface area contributed by atoms with Crippen LogP contribution in [0.4, 0.5) is 0 Å². The average Bonchev–Trinajstić information content (AvgIpc) is 3.10. The molecule has 0 aromatic heterocycles. The topological polar surface area (TPSA) is 113 Å². The monoisotopic (exact) mass is 531 g/mol. The Morgan fingerprint density at radius 1 is 1.08 bits per heavy atom. The quantitative estimate of drug-likeness (QED) is 0.481. The minimum atomic E-state index is -1.03. The van der Waals surface area contributed by atoms with Gasteiger partial charge < -0.3 is 24.6 Å². The molecule has 38 heavy (non-hydrogen) atoms. The number of hydrogen-bond donors (Lipinski definition) is 2. The summed E-state index contributed by atoms with van der Waals surface area (Å²) < 4.78 is 19.2. The van der Waals surface area contributed by atoms with Gasteiger partial charge in [-0.1, -0.05) is 52.0 Å². The van der Waals surface area contributed by atoms with Crippen LogP contribution in [0.3, 0.4) is 0 Å². The fraction of sp³-hybridized carbons (Fsp3) is 0.724. The van der Waals surface area contributed by atoms with E-state index in [1.807, 2.05) is 31.2 Å². The first-order valence-corrected chi connectivity index (χ1v) is 13.9. The van der Waals surface area contributed by atoms with Crippen LogP contribution in [0.2, 0.25) is 0 Å². The number of benzene rings is 1. The van der Waals surface area contributed by atoms with E-state index in [0.29, 0.717) is 18.4 Å². The van der Waals surface area contributed by atoms with Gasteiger partial charge in [0.1, 0.15) is 6.04 Å². The maximum Gasteiger partial charge on any atom is 0.326 e.